The average Bonchev–Trinajstić information content (AvgIpc) is 3.03. The first-order chi connectivity index (χ1) is 15.7. The Labute approximate surface area is 202 Å². The van der Waals surface area contributed by atoms with Crippen LogP contribution in [0, 0.1) is 0 Å². The molecule has 3 rings (SSSR count). The molecule has 1 N–H and O–H groups in total. The highest BCUT2D eigenvalue weighted by Gasteiger charge is 2.35. The predicted molar refractivity (Wildman–Crippen MR) is 126 cm³/mol. The average molecular weight is 490 g/mol. The normalized spacial score (nSPS) is 13.6. The van der Waals surface area contributed by atoms with Crippen LogP contribution < -0.4 is 5.32 Å². The van der Waals surface area contributed by atoms with Crippen molar-refractivity contribution < 1.29 is 19.2 Å². The molecule has 1 aliphatic heterocycles. The van der Waals surface area contributed by atoms with Crippen LogP contribution in [0.3, 0.4) is 0 Å². The number of hydrogen-bond acceptors (Lipinski definition) is 4. The van der Waals surface area contributed by atoms with Gasteiger partial charge in [-0.15, -0.1) is 0 Å². The molecule has 0 bridgehead atoms. The number of carbonyl (C=O) groups is 4. The molecule has 4 amide bonds. The van der Waals surface area contributed by atoms with Gasteiger partial charge < -0.3 is 10.2 Å². The third-order valence-corrected chi connectivity index (χ3v) is 6.11. The summed E-state index contributed by atoms with van der Waals surface area (Å²) in [6.07, 6.45) is 0.333. The van der Waals surface area contributed by atoms with Gasteiger partial charge in [0, 0.05) is 36.1 Å². The molecule has 33 heavy (non-hydrogen) atoms. The second-order valence-corrected chi connectivity index (χ2v) is 8.58. The third-order valence-electron chi connectivity index (χ3n) is 5.52. The number of amides is 4. The minimum absolute atomic E-state index is 0.0579. The second-order valence-electron chi connectivity index (χ2n) is 7.74. The van der Waals surface area contributed by atoms with Crippen molar-refractivity contribution in [3.8, 4) is 0 Å². The Bertz CT molecular complexity index is 1050. The van der Waals surface area contributed by atoms with Gasteiger partial charge >= 0.3 is 0 Å². The van der Waals surface area contributed by atoms with Gasteiger partial charge in [0.05, 0.1) is 11.1 Å². The van der Waals surface area contributed by atoms with E-state index in [0.717, 1.165) is 4.90 Å². The van der Waals surface area contributed by atoms with Crippen LogP contribution in [0.25, 0.3) is 0 Å². The molecule has 0 aromatic heterocycles. The molecule has 2 aromatic rings. The SMILES string of the molecule is CCNC(=O)[C@H](C)N(Cc1ccc(Cl)cc1Cl)C(=O)CCCN1C(=O)c2ccccc2C1=O. The van der Waals surface area contributed by atoms with Gasteiger partial charge in [0.2, 0.25) is 11.8 Å². The molecular weight excluding hydrogens is 465 g/mol. The molecular formula is C24H25Cl2N3O4. The molecule has 0 spiro atoms. The zero-order valence-corrected chi connectivity index (χ0v) is 19.9. The summed E-state index contributed by atoms with van der Waals surface area (Å²) in [5, 5.41) is 3.60. The highest BCUT2D eigenvalue weighted by Crippen LogP contribution is 2.25. The molecule has 1 aliphatic rings. The molecule has 0 saturated carbocycles. The molecule has 7 nitrogen and oxygen atoms in total. The summed E-state index contributed by atoms with van der Waals surface area (Å²) < 4.78 is 0. The predicted octanol–water partition coefficient (Wildman–Crippen LogP) is 3.92. The Hall–Kier alpha value is -2.90. The summed E-state index contributed by atoms with van der Waals surface area (Å²) in [6.45, 7) is 4.13. The first-order valence-electron chi connectivity index (χ1n) is 10.7. The van der Waals surface area contributed by atoms with E-state index in [4.69, 9.17) is 23.2 Å². The molecule has 9 heteroatoms. The van der Waals surface area contributed by atoms with Gasteiger partial charge in [0.1, 0.15) is 6.04 Å². The fourth-order valence-corrected chi connectivity index (χ4v) is 4.18. The quantitative estimate of drug-likeness (QED) is 0.540. The second kappa shape index (κ2) is 10.8. The van der Waals surface area contributed by atoms with Crippen molar-refractivity contribution in [3.05, 3.63) is 69.2 Å². The Kier molecular flexibility index (Phi) is 8.10. The van der Waals surface area contributed by atoms with Crippen LogP contribution in [0.15, 0.2) is 42.5 Å². The lowest BCUT2D eigenvalue weighted by Gasteiger charge is -2.29. The molecule has 1 atom stereocenters. The summed E-state index contributed by atoms with van der Waals surface area (Å²) >= 11 is 12.3. The lowest BCUT2D eigenvalue weighted by Crippen LogP contribution is -2.47. The molecule has 0 saturated heterocycles. The number of rotatable bonds is 9. The first-order valence-corrected chi connectivity index (χ1v) is 11.5. The Morgan fingerprint density at radius 2 is 1.70 bits per heavy atom. The van der Waals surface area contributed by atoms with Gasteiger partial charge in [-0.05, 0) is 50.1 Å². The standard InChI is InChI=1S/C24H25Cl2N3O4/c1-3-27-22(31)15(2)29(14-16-10-11-17(25)13-20(16)26)21(30)9-6-12-28-23(32)18-7-4-5-8-19(18)24(28)33/h4-5,7-8,10-11,13,15H,3,6,9,12,14H2,1-2H3,(H,27,31)/t15-/m0/s1. The number of nitrogens with one attached hydrogen (secondary N) is 1. The fourth-order valence-electron chi connectivity index (χ4n) is 3.71. The van der Waals surface area contributed by atoms with Crippen molar-refractivity contribution in [2.24, 2.45) is 0 Å². The number of fused-ring (bicyclic) bond motifs is 1. The number of benzene rings is 2. The minimum Gasteiger partial charge on any atom is -0.355 e. The largest absolute Gasteiger partial charge is 0.355 e. The molecule has 0 unspecified atom stereocenters. The summed E-state index contributed by atoms with van der Waals surface area (Å²) in [4.78, 5) is 53.2. The summed E-state index contributed by atoms with van der Waals surface area (Å²) in [6, 6.07) is 10.9. The summed E-state index contributed by atoms with van der Waals surface area (Å²) in [5.74, 6) is -1.28. The van der Waals surface area contributed by atoms with E-state index in [1.54, 1.807) is 56.3 Å². The number of carbonyl (C=O) groups excluding carboxylic acids is 4. The topological polar surface area (TPSA) is 86.8 Å². The van der Waals surface area contributed by atoms with Crippen LogP contribution in [0.5, 0.6) is 0 Å². The summed E-state index contributed by atoms with van der Waals surface area (Å²) in [5.41, 5.74) is 1.40. The van der Waals surface area contributed by atoms with Crippen molar-refractivity contribution in [2.45, 2.75) is 39.3 Å². The van der Waals surface area contributed by atoms with Crippen molar-refractivity contribution in [3.63, 3.8) is 0 Å². The van der Waals surface area contributed by atoms with Crippen LogP contribution in [-0.4, -0.2) is 52.6 Å². The number of imide groups is 1. The maximum atomic E-state index is 13.1. The van der Waals surface area contributed by atoms with E-state index in [0.29, 0.717) is 33.3 Å². The third kappa shape index (κ3) is 5.54. The maximum Gasteiger partial charge on any atom is 0.261 e. The van der Waals surface area contributed by atoms with Crippen molar-refractivity contribution in [2.75, 3.05) is 13.1 Å². The van der Waals surface area contributed by atoms with E-state index in [2.05, 4.69) is 5.32 Å². The highest BCUT2D eigenvalue weighted by molar-refractivity contribution is 6.35. The van der Waals surface area contributed by atoms with Gasteiger partial charge in [-0.2, -0.15) is 0 Å². The van der Waals surface area contributed by atoms with Crippen molar-refractivity contribution in [1.82, 2.24) is 15.1 Å². The van der Waals surface area contributed by atoms with Gasteiger partial charge in [-0.3, -0.25) is 24.1 Å². The number of halogens is 2. The van der Waals surface area contributed by atoms with Gasteiger partial charge in [0.25, 0.3) is 11.8 Å². The number of hydrogen-bond donors (Lipinski definition) is 1. The number of likely N-dealkylation sites (N-methyl/N-ethyl adjacent to an activating group) is 1. The molecule has 1 heterocycles. The first kappa shape index (κ1) is 24.7. The Balaban J connectivity index is 1.69. The van der Waals surface area contributed by atoms with Crippen molar-refractivity contribution in [1.29, 1.82) is 0 Å². The Morgan fingerprint density at radius 3 is 2.27 bits per heavy atom. The maximum absolute atomic E-state index is 13.1. The van der Waals surface area contributed by atoms with Crippen molar-refractivity contribution >= 4 is 46.8 Å². The number of nitrogens with zero attached hydrogens (tertiary/aromatic N) is 2. The fraction of sp³-hybridized carbons (Fsp3) is 0.333. The van der Waals surface area contributed by atoms with Crippen LogP contribution in [0.1, 0.15) is 53.0 Å². The van der Waals surface area contributed by atoms with E-state index in [1.807, 2.05) is 0 Å². The van der Waals surface area contributed by atoms with Crippen LogP contribution in [-0.2, 0) is 16.1 Å². The lowest BCUT2D eigenvalue weighted by molar-refractivity contribution is -0.140. The smallest absolute Gasteiger partial charge is 0.261 e. The van der Waals surface area contributed by atoms with Gasteiger partial charge in [0.15, 0.2) is 0 Å². The van der Waals surface area contributed by atoms with E-state index in [9.17, 15) is 19.2 Å². The molecule has 0 fully saturated rings. The van der Waals surface area contributed by atoms with Crippen LogP contribution in [0.2, 0.25) is 10.0 Å². The molecule has 2 aromatic carbocycles. The van der Waals surface area contributed by atoms with E-state index >= 15 is 0 Å². The van der Waals surface area contributed by atoms with Gasteiger partial charge in [-0.25, -0.2) is 0 Å². The highest BCUT2D eigenvalue weighted by atomic mass is 35.5. The molecule has 0 aliphatic carbocycles. The minimum atomic E-state index is -0.733. The van der Waals surface area contributed by atoms with E-state index in [-0.39, 0.29) is 49.6 Å². The zero-order valence-electron chi connectivity index (χ0n) is 18.4. The van der Waals surface area contributed by atoms with Gasteiger partial charge in [-0.1, -0.05) is 41.4 Å². The molecule has 174 valence electrons. The van der Waals surface area contributed by atoms with E-state index < -0.39 is 6.04 Å². The molecule has 0 radical (unpaired) electrons. The van der Waals surface area contributed by atoms with Crippen LogP contribution >= 0.6 is 23.2 Å². The lowest BCUT2D eigenvalue weighted by atomic mass is 10.1. The summed E-state index contributed by atoms with van der Waals surface area (Å²) in [7, 11) is 0. The van der Waals surface area contributed by atoms with Crippen LogP contribution in [0.4, 0.5) is 0 Å². The monoisotopic (exact) mass is 489 g/mol. The zero-order chi connectivity index (χ0) is 24.1. The van der Waals surface area contributed by atoms with E-state index in [1.165, 1.54) is 4.90 Å². The Morgan fingerprint density at radius 1 is 1.06 bits per heavy atom.